The van der Waals surface area contributed by atoms with Crippen LogP contribution in [0.25, 0.3) is 0 Å². The molecule has 6 heteroatoms. The van der Waals surface area contributed by atoms with Crippen molar-refractivity contribution in [2.75, 3.05) is 26.2 Å². The number of aromatic nitrogens is 2. The van der Waals surface area contributed by atoms with Gasteiger partial charge in [0.05, 0.1) is 17.8 Å². The Bertz CT molecular complexity index is 824. The lowest BCUT2D eigenvalue weighted by atomic mass is 9.95. The molecule has 1 saturated carbocycles. The lowest BCUT2D eigenvalue weighted by Crippen LogP contribution is -2.48. The van der Waals surface area contributed by atoms with Gasteiger partial charge in [-0.15, -0.1) is 0 Å². The average Bonchev–Trinajstić information content (AvgIpc) is 3.24. The first kappa shape index (κ1) is 19.2. The monoisotopic (exact) mass is 384 g/mol. The molecular formula is C22H32N4O2. The lowest BCUT2D eigenvalue weighted by Gasteiger charge is -2.34. The topological polar surface area (TPSA) is 54.5 Å². The number of nitrogens with zero attached hydrogens (tertiary/aromatic N) is 4. The van der Waals surface area contributed by atoms with Gasteiger partial charge < -0.3 is 14.0 Å². The van der Waals surface area contributed by atoms with E-state index >= 15 is 0 Å². The van der Waals surface area contributed by atoms with Crippen LogP contribution in [0, 0.1) is 20.8 Å². The van der Waals surface area contributed by atoms with E-state index in [-0.39, 0.29) is 5.91 Å². The maximum absolute atomic E-state index is 13.2. The van der Waals surface area contributed by atoms with Crippen LogP contribution in [0.4, 0.5) is 0 Å². The van der Waals surface area contributed by atoms with Crippen molar-refractivity contribution in [3.8, 4) is 0 Å². The Morgan fingerprint density at radius 3 is 2.43 bits per heavy atom. The average molecular weight is 385 g/mol. The molecule has 2 aromatic rings. The van der Waals surface area contributed by atoms with Gasteiger partial charge >= 0.3 is 0 Å². The first-order valence-corrected chi connectivity index (χ1v) is 10.6. The fraction of sp³-hybridized carbons (Fsp3) is 0.636. The third-order valence-electron chi connectivity index (χ3n) is 6.37. The second-order valence-corrected chi connectivity index (χ2v) is 8.45. The quantitative estimate of drug-likeness (QED) is 0.803. The van der Waals surface area contributed by atoms with E-state index in [1.54, 1.807) is 0 Å². The first-order chi connectivity index (χ1) is 13.5. The van der Waals surface area contributed by atoms with E-state index in [0.29, 0.717) is 6.04 Å². The molecule has 152 valence electrons. The number of hydrogen-bond acceptors (Lipinski definition) is 4. The van der Waals surface area contributed by atoms with E-state index in [2.05, 4.69) is 34.5 Å². The van der Waals surface area contributed by atoms with E-state index in [1.165, 1.54) is 37.8 Å². The molecule has 2 aromatic heterocycles. The lowest BCUT2D eigenvalue weighted by molar-refractivity contribution is 0.0616. The zero-order valence-corrected chi connectivity index (χ0v) is 17.4. The molecule has 0 unspecified atom stereocenters. The molecule has 6 nitrogen and oxygen atoms in total. The molecule has 4 rings (SSSR count). The summed E-state index contributed by atoms with van der Waals surface area (Å²) in [5, 5.41) is 3.96. The normalized spacial score (nSPS) is 19.3. The summed E-state index contributed by atoms with van der Waals surface area (Å²) < 4.78 is 7.75. The Hall–Kier alpha value is -2.08. The minimum absolute atomic E-state index is 0.185. The van der Waals surface area contributed by atoms with Crippen molar-refractivity contribution in [2.45, 2.75) is 65.5 Å². The van der Waals surface area contributed by atoms with Gasteiger partial charge in [-0.2, -0.15) is 0 Å². The molecule has 2 fully saturated rings. The molecule has 1 amide bonds. The second kappa shape index (κ2) is 8.11. The van der Waals surface area contributed by atoms with Gasteiger partial charge in [0.25, 0.3) is 5.91 Å². The summed E-state index contributed by atoms with van der Waals surface area (Å²) in [7, 11) is 0. The molecule has 0 N–H and O–H groups in total. The minimum Gasteiger partial charge on any atom is -0.360 e. The number of amides is 1. The number of carbonyl (C=O) groups excluding carboxylic acids is 1. The Labute approximate surface area is 167 Å². The van der Waals surface area contributed by atoms with Crippen LogP contribution in [0.15, 0.2) is 16.7 Å². The van der Waals surface area contributed by atoms with Gasteiger partial charge in [0, 0.05) is 49.7 Å². The summed E-state index contributed by atoms with van der Waals surface area (Å²) >= 11 is 0. The van der Waals surface area contributed by atoms with Crippen LogP contribution in [-0.2, 0) is 6.54 Å². The molecule has 28 heavy (non-hydrogen) atoms. The van der Waals surface area contributed by atoms with Gasteiger partial charge in [-0.3, -0.25) is 9.69 Å². The van der Waals surface area contributed by atoms with Crippen LogP contribution >= 0.6 is 0 Å². The van der Waals surface area contributed by atoms with Crippen LogP contribution in [0.1, 0.15) is 71.3 Å². The van der Waals surface area contributed by atoms with Crippen molar-refractivity contribution in [1.82, 2.24) is 19.5 Å². The fourth-order valence-electron chi connectivity index (χ4n) is 4.89. The van der Waals surface area contributed by atoms with Crippen LogP contribution in [-0.4, -0.2) is 51.6 Å². The molecule has 0 spiro atoms. The number of piperazine rings is 1. The first-order valence-electron chi connectivity index (χ1n) is 10.6. The number of aryl methyl sites for hydroxylation is 2. The van der Waals surface area contributed by atoms with Crippen molar-refractivity contribution in [1.29, 1.82) is 0 Å². The van der Waals surface area contributed by atoms with Crippen molar-refractivity contribution in [2.24, 2.45) is 0 Å². The molecule has 2 aliphatic rings. The summed E-state index contributed by atoms with van der Waals surface area (Å²) in [5.41, 5.74) is 4.18. The predicted molar refractivity (Wildman–Crippen MR) is 108 cm³/mol. The Morgan fingerprint density at radius 1 is 1.07 bits per heavy atom. The zero-order chi connectivity index (χ0) is 19.7. The SMILES string of the molecule is Cc1cc(CN2CCN(C(=O)c3cc(C)n(C4CCCCC4)c3C)CC2)on1. The zero-order valence-electron chi connectivity index (χ0n) is 17.4. The fourth-order valence-corrected chi connectivity index (χ4v) is 4.89. The molecular weight excluding hydrogens is 352 g/mol. The molecule has 0 atom stereocenters. The molecule has 0 radical (unpaired) electrons. The number of rotatable bonds is 4. The van der Waals surface area contributed by atoms with Gasteiger partial charge in [-0.1, -0.05) is 24.4 Å². The summed E-state index contributed by atoms with van der Waals surface area (Å²) in [5.74, 6) is 1.08. The van der Waals surface area contributed by atoms with Crippen LogP contribution < -0.4 is 0 Å². The highest BCUT2D eigenvalue weighted by atomic mass is 16.5. The smallest absolute Gasteiger partial charge is 0.255 e. The van der Waals surface area contributed by atoms with E-state index in [1.807, 2.05) is 17.9 Å². The van der Waals surface area contributed by atoms with Gasteiger partial charge in [0.15, 0.2) is 5.76 Å². The van der Waals surface area contributed by atoms with Crippen molar-refractivity contribution < 1.29 is 9.32 Å². The van der Waals surface area contributed by atoms with Gasteiger partial charge in [-0.05, 0) is 39.7 Å². The Balaban J connectivity index is 1.40. The summed E-state index contributed by atoms with van der Waals surface area (Å²) in [6, 6.07) is 4.66. The molecule has 1 aliphatic heterocycles. The van der Waals surface area contributed by atoms with Crippen LogP contribution in [0.2, 0.25) is 0 Å². The number of carbonyl (C=O) groups is 1. The second-order valence-electron chi connectivity index (χ2n) is 8.45. The highest BCUT2D eigenvalue weighted by Gasteiger charge is 2.27. The Morgan fingerprint density at radius 2 is 1.79 bits per heavy atom. The summed E-state index contributed by atoms with van der Waals surface area (Å²) in [6.07, 6.45) is 6.43. The molecule has 0 aromatic carbocycles. The minimum atomic E-state index is 0.185. The molecule has 0 bridgehead atoms. The van der Waals surface area contributed by atoms with Gasteiger partial charge in [0.2, 0.25) is 0 Å². The van der Waals surface area contributed by atoms with Crippen molar-refractivity contribution in [3.63, 3.8) is 0 Å². The van der Waals surface area contributed by atoms with Crippen LogP contribution in [0.5, 0.6) is 0 Å². The highest BCUT2D eigenvalue weighted by Crippen LogP contribution is 2.32. The maximum atomic E-state index is 13.2. The van der Waals surface area contributed by atoms with Crippen LogP contribution in [0.3, 0.4) is 0 Å². The third kappa shape index (κ3) is 3.88. The summed E-state index contributed by atoms with van der Waals surface area (Å²) in [6.45, 7) is 10.2. The summed E-state index contributed by atoms with van der Waals surface area (Å²) in [4.78, 5) is 17.5. The predicted octanol–water partition coefficient (Wildman–Crippen LogP) is 3.86. The van der Waals surface area contributed by atoms with E-state index in [4.69, 9.17) is 4.52 Å². The molecule has 1 saturated heterocycles. The number of hydrogen-bond donors (Lipinski definition) is 0. The Kier molecular flexibility index (Phi) is 5.58. The van der Waals surface area contributed by atoms with Gasteiger partial charge in [-0.25, -0.2) is 0 Å². The molecule has 3 heterocycles. The van der Waals surface area contributed by atoms with Crippen molar-refractivity contribution in [3.05, 3.63) is 40.5 Å². The molecule has 1 aliphatic carbocycles. The maximum Gasteiger partial charge on any atom is 0.255 e. The van der Waals surface area contributed by atoms with Crippen molar-refractivity contribution >= 4 is 5.91 Å². The van der Waals surface area contributed by atoms with E-state index in [9.17, 15) is 4.79 Å². The third-order valence-corrected chi connectivity index (χ3v) is 6.37. The van der Waals surface area contributed by atoms with Gasteiger partial charge in [0.1, 0.15) is 0 Å². The highest BCUT2D eigenvalue weighted by molar-refractivity contribution is 5.95. The van der Waals surface area contributed by atoms with E-state index in [0.717, 1.165) is 55.4 Å². The largest absolute Gasteiger partial charge is 0.360 e. The van der Waals surface area contributed by atoms with E-state index < -0.39 is 0 Å². The standard InChI is InChI=1S/C22H32N4O2/c1-16-13-20(28-23-16)15-24-9-11-25(12-10-24)22(27)21-14-17(2)26(18(21)3)19-7-5-4-6-8-19/h13-14,19H,4-12,15H2,1-3H3.